The summed E-state index contributed by atoms with van der Waals surface area (Å²) in [5.41, 5.74) is 0. The summed E-state index contributed by atoms with van der Waals surface area (Å²) in [6.45, 7) is 2.70. The summed E-state index contributed by atoms with van der Waals surface area (Å²) in [5.74, 6) is 0.0283. The summed E-state index contributed by atoms with van der Waals surface area (Å²) in [5, 5.41) is 10.9. The van der Waals surface area contributed by atoms with Gasteiger partial charge in [0.2, 0.25) is 5.91 Å². The van der Waals surface area contributed by atoms with Gasteiger partial charge in [-0.1, -0.05) is 0 Å². The van der Waals surface area contributed by atoms with E-state index in [1.807, 2.05) is 0 Å². The number of likely N-dealkylation sites (tertiary alicyclic amines) is 1. The highest BCUT2D eigenvalue weighted by Crippen LogP contribution is 2.09. The lowest BCUT2D eigenvalue weighted by Gasteiger charge is -2.27. The molecule has 3 heteroatoms. The predicted octanol–water partition coefficient (Wildman–Crippen LogP) is 0.428. The fraction of sp³-hybridized carbons (Fsp3) is 0.857. The van der Waals surface area contributed by atoms with Gasteiger partial charge >= 0.3 is 0 Å². The summed E-state index contributed by atoms with van der Waals surface area (Å²) in [7, 11) is 0. The number of carbonyl (C=O) groups is 1. The van der Waals surface area contributed by atoms with Gasteiger partial charge in [-0.25, -0.2) is 5.11 Å². The SMILES string of the molecule is CC(=O)N1CCCC([O])C1. The second-order valence-corrected chi connectivity index (χ2v) is 2.73. The number of rotatable bonds is 0. The Labute approximate surface area is 60.6 Å². The van der Waals surface area contributed by atoms with E-state index in [4.69, 9.17) is 0 Å². The van der Waals surface area contributed by atoms with Gasteiger partial charge in [0, 0.05) is 20.0 Å². The molecule has 0 N–H and O–H groups in total. The first kappa shape index (κ1) is 7.54. The van der Waals surface area contributed by atoms with Gasteiger partial charge in [-0.05, 0) is 12.8 Å². The lowest BCUT2D eigenvalue weighted by atomic mass is 10.1. The van der Waals surface area contributed by atoms with E-state index in [0.29, 0.717) is 6.54 Å². The average molecular weight is 142 g/mol. The number of hydrogen-bond donors (Lipinski definition) is 0. The minimum atomic E-state index is -0.544. The molecule has 1 amide bonds. The Morgan fingerprint density at radius 2 is 2.30 bits per heavy atom. The van der Waals surface area contributed by atoms with Gasteiger partial charge in [0.25, 0.3) is 0 Å². The van der Waals surface area contributed by atoms with E-state index in [2.05, 4.69) is 0 Å². The molecule has 1 aliphatic heterocycles. The maximum atomic E-state index is 10.9. The molecule has 1 unspecified atom stereocenters. The Kier molecular flexibility index (Phi) is 2.27. The lowest BCUT2D eigenvalue weighted by Crippen LogP contribution is -2.40. The maximum Gasteiger partial charge on any atom is 0.219 e. The molecule has 3 nitrogen and oxygen atoms in total. The molecule has 0 saturated carbocycles. The Hall–Kier alpha value is -0.570. The minimum Gasteiger partial charge on any atom is -0.340 e. The summed E-state index contributed by atoms with van der Waals surface area (Å²) < 4.78 is 0. The fourth-order valence-corrected chi connectivity index (χ4v) is 1.22. The van der Waals surface area contributed by atoms with Gasteiger partial charge in [-0.15, -0.1) is 0 Å². The summed E-state index contributed by atoms with van der Waals surface area (Å²) in [4.78, 5) is 12.4. The monoisotopic (exact) mass is 142 g/mol. The minimum absolute atomic E-state index is 0.0283. The van der Waals surface area contributed by atoms with Crippen LogP contribution in [0.15, 0.2) is 0 Å². The number of carbonyl (C=O) groups excluding carboxylic acids is 1. The van der Waals surface area contributed by atoms with Crippen LogP contribution in [0.3, 0.4) is 0 Å². The second kappa shape index (κ2) is 3.01. The molecule has 1 saturated heterocycles. The second-order valence-electron chi connectivity index (χ2n) is 2.73. The molecule has 1 rings (SSSR count). The van der Waals surface area contributed by atoms with Crippen molar-refractivity contribution >= 4 is 5.91 Å². The van der Waals surface area contributed by atoms with Gasteiger partial charge in [-0.2, -0.15) is 0 Å². The summed E-state index contributed by atoms with van der Waals surface area (Å²) in [6.07, 6.45) is 1.05. The zero-order chi connectivity index (χ0) is 7.56. The van der Waals surface area contributed by atoms with E-state index in [-0.39, 0.29) is 5.91 Å². The third-order valence-electron chi connectivity index (χ3n) is 1.82. The smallest absolute Gasteiger partial charge is 0.219 e. The van der Waals surface area contributed by atoms with Crippen LogP contribution in [0.2, 0.25) is 0 Å². The van der Waals surface area contributed by atoms with E-state index in [0.717, 1.165) is 19.4 Å². The molecule has 0 aromatic carbocycles. The molecule has 1 heterocycles. The van der Waals surface area contributed by atoms with E-state index in [1.54, 1.807) is 4.90 Å². The average Bonchev–Trinajstić information content (AvgIpc) is 1.88. The molecule has 1 atom stereocenters. The first-order valence-electron chi connectivity index (χ1n) is 3.61. The highest BCUT2D eigenvalue weighted by atomic mass is 16.3. The third kappa shape index (κ3) is 1.70. The number of nitrogens with zero attached hydrogens (tertiary/aromatic N) is 1. The quantitative estimate of drug-likeness (QED) is 0.483. The van der Waals surface area contributed by atoms with Crippen molar-refractivity contribution in [3.8, 4) is 0 Å². The van der Waals surface area contributed by atoms with Gasteiger partial charge in [0.1, 0.15) is 6.10 Å². The molecule has 0 aromatic rings. The van der Waals surface area contributed by atoms with Crippen LogP contribution in [0.25, 0.3) is 0 Å². The van der Waals surface area contributed by atoms with Crippen molar-refractivity contribution < 1.29 is 9.90 Å². The Bertz CT molecular complexity index is 136. The van der Waals surface area contributed by atoms with Crippen molar-refractivity contribution in [1.82, 2.24) is 4.90 Å². The summed E-state index contributed by atoms with van der Waals surface area (Å²) >= 11 is 0. The molecular formula is C7H12NO2. The first-order chi connectivity index (χ1) is 4.70. The van der Waals surface area contributed by atoms with Crippen LogP contribution >= 0.6 is 0 Å². The first-order valence-corrected chi connectivity index (χ1v) is 3.61. The number of amides is 1. The van der Waals surface area contributed by atoms with Crippen molar-refractivity contribution in [3.63, 3.8) is 0 Å². The van der Waals surface area contributed by atoms with Crippen LogP contribution in [0, 0.1) is 0 Å². The largest absolute Gasteiger partial charge is 0.340 e. The molecule has 1 aliphatic rings. The Morgan fingerprint density at radius 1 is 1.60 bits per heavy atom. The van der Waals surface area contributed by atoms with E-state index in [1.165, 1.54) is 6.92 Å². The Morgan fingerprint density at radius 3 is 2.70 bits per heavy atom. The van der Waals surface area contributed by atoms with Crippen LogP contribution < -0.4 is 0 Å². The van der Waals surface area contributed by atoms with Crippen LogP contribution in [0.5, 0.6) is 0 Å². The van der Waals surface area contributed by atoms with Gasteiger partial charge in [-0.3, -0.25) is 4.79 Å². The van der Waals surface area contributed by atoms with Crippen LogP contribution in [-0.2, 0) is 9.90 Å². The number of piperidine rings is 1. The van der Waals surface area contributed by atoms with Crippen LogP contribution in [0.1, 0.15) is 19.8 Å². The van der Waals surface area contributed by atoms with Crippen LogP contribution in [0.4, 0.5) is 0 Å². The molecule has 0 bridgehead atoms. The van der Waals surface area contributed by atoms with E-state index in [9.17, 15) is 9.90 Å². The molecule has 10 heavy (non-hydrogen) atoms. The maximum absolute atomic E-state index is 10.9. The zero-order valence-corrected chi connectivity index (χ0v) is 6.17. The van der Waals surface area contributed by atoms with Crippen molar-refractivity contribution in [3.05, 3.63) is 0 Å². The fourth-order valence-electron chi connectivity index (χ4n) is 1.22. The molecule has 0 aromatic heterocycles. The molecule has 0 spiro atoms. The van der Waals surface area contributed by atoms with Crippen molar-refractivity contribution in [2.24, 2.45) is 0 Å². The topological polar surface area (TPSA) is 40.2 Å². The summed E-state index contributed by atoms with van der Waals surface area (Å²) in [6, 6.07) is 0. The predicted molar refractivity (Wildman–Crippen MR) is 36.0 cm³/mol. The van der Waals surface area contributed by atoms with E-state index < -0.39 is 6.10 Å². The van der Waals surface area contributed by atoms with Crippen molar-refractivity contribution in [2.75, 3.05) is 13.1 Å². The molecule has 1 radical (unpaired) electrons. The highest BCUT2D eigenvalue weighted by molar-refractivity contribution is 5.73. The standard InChI is InChI=1S/C7H12NO2/c1-6(9)8-4-2-3-7(10)5-8/h7H,2-5H2,1H3. The van der Waals surface area contributed by atoms with Gasteiger partial charge < -0.3 is 4.90 Å². The van der Waals surface area contributed by atoms with Gasteiger partial charge in [0.05, 0.1) is 0 Å². The molecule has 1 fully saturated rings. The molecule has 0 aliphatic carbocycles. The Balaban J connectivity index is 2.39. The highest BCUT2D eigenvalue weighted by Gasteiger charge is 2.19. The normalized spacial score (nSPS) is 26.6. The van der Waals surface area contributed by atoms with Gasteiger partial charge in [0.15, 0.2) is 0 Å². The third-order valence-corrected chi connectivity index (χ3v) is 1.82. The van der Waals surface area contributed by atoms with Crippen molar-refractivity contribution in [2.45, 2.75) is 25.9 Å². The van der Waals surface area contributed by atoms with Crippen molar-refractivity contribution in [1.29, 1.82) is 0 Å². The lowest BCUT2D eigenvalue weighted by molar-refractivity contribution is -0.132. The zero-order valence-electron chi connectivity index (χ0n) is 6.17. The van der Waals surface area contributed by atoms with Crippen LogP contribution in [-0.4, -0.2) is 30.0 Å². The molecular weight excluding hydrogens is 130 g/mol. The van der Waals surface area contributed by atoms with E-state index >= 15 is 0 Å². The molecule has 57 valence electrons. The number of hydrogen-bond acceptors (Lipinski definition) is 1.